The summed E-state index contributed by atoms with van der Waals surface area (Å²) >= 11 is 5.99. The van der Waals surface area contributed by atoms with E-state index in [2.05, 4.69) is 4.57 Å². The Labute approximate surface area is 99.8 Å². The first-order valence-corrected chi connectivity index (χ1v) is 5.61. The van der Waals surface area contributed by atoms with Gasteiger partial charge in [-0.05, 0) is 37.6 Å². The van der Waals surface area contributed by atoms with Crippen LogP contribution in [0.25, 0.3) is 10.9 Å². The fourth-order valence-electron chi connectivity index (χ4n) is 2.09. The average molecular weight is 236 g/mol. The van der Waals surface area contributed by atoms with E-state index in [-0.39, 0.29) is 5.78 Å². The SMILES string of the molecule is CC(=O)Cc1c(C)n(C)c2ccc(Cl)cc12. The molecular formula is C13H14ClNO. The Morgan fingerprint density at radius 1 is 1.44 bits per heavy atom. The molecule has 0 aliphatic heterocycles. The summed E-state index contributed by atoms with van der Waals surface area (Å²) in [4.78, 5) is 11.3. The zero-order valence-electron chi connectivity index (χ0n) is 9.67. The van der Waals surface area contributed by atoms with Crippen LogP contribution in [0.3, 0.4) is 0 Å². The number of rotatable bonds is 2. The Bertz CT molecular complexity index is 569. The third kappa shape index (κ3) is 1.74. The second-order valence-electron chi connectivity index (χ2n) is 4.16. The number of Topliss-reactive ketones (excluding diaryl/α,β-unsaturated/α-hetero) is 1. The van der Waals surface area contributed by atoms with Crippen LogP contribution in [0.5, 0.6) is 0 Å². The van der Waals surface area contributed by atoms with Gasteiger partial charge >= 0.3 is 0 Å². The maximum atomic E-state index is 11.3. The summed E-state index contributed by atoms with van der Waals surface area (Å²) in [6, 6.07) is 5.80. The standard InChI is InChI=1S/C13H14ClNO/c1-8(16)6-11-9(2)15(3)13-5-4-10(14)7-12(11)13/h4-5,7H,6H2,1-3H3. The average Bonchev–Trinajstić information content (AvgIpc) is 2.43. The van der Waals surface area contributed by atoms with Crippen LogP contribution in [0.4, 0.5) is 0 Å². The minimum absolute atomic E-state index is 0.176. The molecule has 2 rings (SSSR count). The molecule has 2 aromatic rings. The molecule has 0 aliphatic carbocycles. The van der Waals surface area contributed by atoms with Crippen LogP contribution in [0.15, 0.2) is 18.2 Å². The molecule has 84 valence electrons. The zero-order valence-corrected chi connectivity index (χ0v) is 10.4. The Hall–Kier alpha value is -1.28. The van der Waals surface area contributed by atoms with Crippen LogP contribution in [0.2, 0.25) is 5.02 Å². The van der Waals surface area contributed by atoms with Crippen molar-refractivity contribution in [3.8, 4) is 0 Å². The monoisotopic (exact) mass is 235 g/mol. The summed E-state index contributed by atoms with van der Waals surface area (Å²) in [5.74, 6) is 0.176. The molecule has 0 bridgehead atoms. The van der Waals surface area contributed by atoms with Crippen molar-refractivity contribution < 1.29 is 4.79 Å². The van der Waals surface area contributed by atoms with Crippen molar-refractivity contribution in [3.63, 3.8) is 0 Å². The molecule has 0 atom stereocenters. The molecule has 0 spiro atoms. The molecular weight excluding hydrogens is 222 g/mol. The largest absolute Gasteiger partial charge is 0.348 e. The van der Waals surface area contributed by atoms with Crippen molar-refractivity contribution in [3.05, 3.63) is 34.5 Å². The van der Waals surface area contributed by atoms with Crippen LogP contribution in [-0.4, -0.2) is 10.4 Å². The normalized spacial score (nSPS) is 11.0. The maximum absolute atomic E-state index is 11.3. The number of halogens is 1. The molecule has 16 heavy (non-hydrogen) atoms. The second kappa shape index (κ2) is 3.95. The van der Waals surface area contributed by atoms with Gasteiger partial charge in [-0.3, -0.25) is 4.79 Å². The number of hydrogen-bond acceptors (Lipinski definition) is 1. The molecule has 0 amide bonds. The predicted octanol–water partition coefficient (Wildman–Crippen LogP) is 3.27. The maximum Gasteiger partial charge on any atom is 0.134 e. The van der Waals surface area contributed by atoms with E-state index in [0.29, 0.717) is 11.4 Å². The Balaban J connectivity index is 2.75. The Morgan fingerprint density at radius 3 is 2.75 bits per heavy atom. The molecule has 2 nitrogen and oxygen atoms in total. The first-order valence-electron chi connectivity index (χ1n) is 5.23. The number of fused-ring (bicyclic) bond motifs is 1. The van der Waals surface area contributed by atoms with Gasteiger partial charge in [-0.2, -0.15) is 0 Å². The van der Waals surface area contributed by atoms with Gasteiger partial charge in [-0.25, -0.2) is 0 Å². The van der Waals surface area contributed by atoms with Gasteiger partial charge < -0.3 is 4.57 Å². The lowest BCUT2D eigenvalue weighted by molar-refractivity contribution is -0.116. The quantitative estimate of drug-likeness (QED) is 0.783. The van der Waals surface area contributed by atoms with Gasteiger partial charge in [-0.15, -0.1) is 0 Å². The molecule has 1 aromatic heterocycles. The molecule has 1 aromatic carbocycles. The highest BCUT2D eigenvalue weighted by atomic mass is 35.5. The summed E-state index contributed by atoms with van der Waals surface area (Å²) in [7, 11) is 2.01. The highest BCUT2D eigenvalue weighted by Crippen LogP contribution is 2.28. The lowest BCUT2D eigenvalue weighted by atomic mass is 10.1. The Morgan fingerprint density at radius 2 is 2.12 bits per heavy atom. The number of hydrogen-bond donors (Lipinski definition) is 0. The molecule has 0 unspecified atom stereocenters. The van der Waals surface area contributed by atoms with Crippen LogP contribution >= 0.6 is 11.6 Å². The van der Waals surface area contributed by atoms with Gasteiger partial charge in [-0.1, -0.05) is 11.6 Å². The van der Waals surface area contributed by atoms with Crippen molar-refractivity contribution in [2.75, 3.05) is 0 Å². The van der Waals surface area contributed by atoms with Gasteiger partial charge in [0.1, 0.15) is 5.78 Å². The second-order valence-corrected chi connectivity index (χ2v) is 4.60. The molecule has 3 heteroatoms. The number of ketones is 1. The van der Waals surface area contributed by atoms with Crippen LogP contribution in [-0.2, 0) is 18.3 Å². The van der Waals surface area contributed by atoms with Crippen molar-refractivity contribution >= 4 is 28.3 Å². The lowest BCUT2D eigenvalue weighted by Crippen LogP contribution is -1.98. The summed E-state index contributed by atoms with van der Waals surface area (Å²) in [6.07, 6.45) is 0.476. The number of nitrogens with zero attached hydrogens (tertiary/aromatic N) is 1. The number of aryl methyl sites for hydroxylation is 1. The zero-order chi connectivity index (χ0) is 11.9. The van der Waals surface area contributed by atoms with Crippen LogP contribution < -0.4 is 0 Å². The molecule has 1 heterocycles. The lowest BCUT2D eigenvalue weighted by Gasteiger charge is -1.99. The number of benzene rings is 1. The Kier molecular flexibility index (Phi) is 2.76. The first kappa shape index (κ1) is 11.2. The van der Waals surface area contributed by atoms with Gasteiger partial charge in [0.25, 0.3) is 0 Å². The molecule has 0 radical (unpaired) electrons. The number of carbonyl (C=O) groups is 1. The van der Waals surface area contributed by atoms with E-state index in [4.69, 9.17) is 11.6 Å². The molecule has 0 saturated heterocycles. The predicted molar refractivity (Wildman–Crippen MR) is 67.1 cm³/mol. The highest BCUT2D eigenvalue weighted by molar-refractivity contribution is 6.31. The van der Waals surface area contributed by atoms with Gasteiger partial charge in [0.2, 0.25) is 0 Å². The third-order valence-corrected chi connectivity index (χ3v) is 3.25. The topological polar surface area (TPSA) is 22.0 Å². The summed E-state index contributed by atoms with van der Waals surface area (Å²) in [5, 5.41) is 1.80. The summed E-state index contributed by atoms with van der Waals surface area (Å²) < 4.78 is 2.10. The van der Waals surface area contributed by atoms with E-state index >= 15 is 0 Å². The molecule has 0 fully saturated rings. The van der Waals surface area contributed by atoms with E-state index in [1.807, 2.05) is 32.2 Å². The van der Waals surface area contributed by atoms with Crippen molar-refractivity contribution in [1.29, 1.82) is 0 Å². The minimum Gasteiger partial charge on any atom is -0.348 e. The number of aromatic nitrogens is 1. The first-order chi connectivity index (χ1) is 7.50. The van der Waals surface area contributed by atoms with E-state index in [1.165, 1.54) is 0 Å². The van der Waals surface area contributed by atoms with Gasteiger partial charge in [0, 0.05) is 35.1 Å². The molecule has 0 aliphatic rings. The van der Waals surface area contributed by atoms with Crippen LogP contribution in [0, 0.1) is 6.92 Å². The summed E-state index contributed by atoms with van der Waals surface area (Å²) in [5.41, 5.74) is 3.35. The third-order valence-electron chi connectivity index (χ3n) is 3.01. The molecule has 0 N–H and O–H groups in total. The smallest absolute Gasteiger partial charge is 0.134 e. The fraction of sp³-hybridized carbons (Fsp3) is 0.308. The van der Waals surface area contributed by atoms with E-state index in [9.17, 15) is 4.79 Å². The van der Waals surface area contributed by atoms with Crippen molar-refractivity contribution in [2.24, 2.45) is 7.05 Å². The van der Waals surface area contributed by atoms with E-state index in [1.54, 1.807) is 6.92 Å². The van der Waals surface area contributed by atoms with Crippen LogP contribution in [0.1, 0.15) is 18.2 Å². The van der Waals surface area contributed by atoms with Crippen molar-refractivity contribution in [1.82, 2.24) is 4.57 Å². The van der Waals surface area contributed by atoms with Gasteiger partial charge in [0.05, 0.1) is 0 Å². The number of carbonyl (C=O) groups excluding carboxylic acids is 1. The minimum atomic E-state index is 0.176. The van der Waals surface area contributed by atoms with E-state index in [0.717, 1.165) is 22.2 Å². The fourth-order valence-corrected chi connectivity index (χ4v) is 2.26. The molecule has 0 saturated carbocycles. The van der Waals surface area contributed by atoms with Gasteiger partial charge in [0.15, 0.2) is 0 Å². The van der Waals surface area contributed by atoms with E-state index < -0.39 is 0 Å². The summed E-state index contributed by atoms with van der Waals surface area (Å²) in [6.45, 7) is 3.65. The highest BCUT2D eigenvalue weighted by Gasteiger charge is 2.13. The van der Waals surface area contributed by atoms with Crippen molar-refractivity contribution in [2.45, 2.75) is 20.3 Å².